The van der Waals surface area contributed by atoms with Gasteiger partial charge in [0.15, 0.2) is 17.9 Å². The van der Waals surface area contributed by atoms with Crippen molar-refractivity contribution in [1.29, 1.82) is 0 Å². The van der Waals surface area contributed by atoms with Gasteiger partial charge in [-0.1, -0.05) is 93.6 Å². The summed E-state index contributed by atoms with van der Waals surface area (Å²) in [7, 11) is 0. The number of H-pyrrole nitrogens is 3. The first-order chi connectivity index (χ1) is 45.7. The molecule has 8 amide bonds. The van der Waals surface area contributed by atoms with Crippen LogP contribution in [0.4, 0.5) is 0 Å². The van der Waals surface area contributed by atoms with Crippen LogP contribution in [-0.2, 0) is 57.6 Å². The Bertz CT molecular complexity index is 3580. The van der Waals surface area contributed by atoms with Crippen molar-refractivity contribution in [3.63, 3.8) is 0 Å². The van der Waals surface area contributed by atoms with Crippen molar-refractivity contribution in [1.82, 2.24) is 52.2 Å². The number of aliphatic imine (C=N–C) groups is 3. The predicted octanol–water partition coefficient (Wildman–Crippen LogP) is 1.08. The highest BCUT2D eigenvalue weighted by molar-refractivity contribution is 5.98. The van der Waals surface area contributed by atoms with Crippen molar-refractivity contribution < 1.29 is 38.4 Å². The Labute approximate surface area is 552 Å². The third kappa shape index (κ3) is 24.7. The van der Waals surface area contributed by atoms with Gasteiger partial charge in [-0.25, -0.2) is 0 Å². The summed E-state index contributed by atoms with van der Waals surface area (Å²) in [5, 5.41) is 22.1. The van der Waals surface area contributed by atoms with Crippen LogP contribution >= 0.6 is 0 Å². The number of nitrogens with one attached hydrogen (secondary N) is 10. The van der Waals surface area contributed by atoms with Crippen molar-refractivity contribution in [2.24, 2.45) is 60.8 Å². The number of unbranched alkanes of at least 4 members (excludes halogenated alkanes) is 6. The number of carbonyl (C=O) groups is 8. The fraction of sp³-hybridized carbons (Fsp3) is 0.470. The van der Waals surface area contributed by atoms with Crippen LogP contribution in [-0.4, -0.2) is 149 Å². The Kier molecular flexibility index (Phi) is 30.1. The number of fused-ring (bicyclic) bond motifs is 3. The molecule has 3 aromatic heterocycles. The van der Waals surface area contributed by atoms with Gasteiger partial charge in [0.25, 0.3) is 0 Å². The molecule has 514 valence electrons. The van der Waals surface area contributed by atoms with Gasteiger partial charge < -0.3 is 98.0 Å². The van der Waals surface area contributed by atoms with Crippen molar-refractivity contribution in [2.75, 3.05) is 26.2 Å². The van der Waals surface area contributed by atoms with Crippen LogP contribution in [0.3, 0.4) is 0 Å². The topological polar surface area (TPSA) is 513 Å². The molecule has 6 aromatic rings. The summed E-state index contributed by atoms with van der Waals surface area (Å²) >= 11 is 0. The fourth-order valence-corrected chi connectivity index (χ4v) is 11.2. The number of amides is 8. The highest BCUT2D eigenvalue weighted by Crippen LogP contribution is 2.23. The van der Waals surface area contributed by atoms with Crippen LogP contribution in [0.15, 0.2) is 106 Å². The average molecular weight is 1310 g/mol. The molecule has 0 aliphatic heterocycles. The minimum atomic E-state index is -1.44. The van der Waals surface area contributed by atoms with Gasteiger partial charge in [-0.2, -0.15) is 0 Å². The molecule has 0 spiro atoms. The maximum absolute atomic E-state index is 15.2. The van der Waals surface area contributed by atoms with Crippen molar-refractivity contribution >= 4 is 97.8 Å². The highest BCUT2D eigenvalue weighted by Gasteiger charge is 2.35. The van der Waals surface area contributed by atoms with E-state index in [2.05, 4.69) is 74.1 Å². The quantitative estimate of drug-likeness (QED) is 0.0145. The number of nitrogens with two attached hydrogens (primary N) is 8. The number of hydrogen-bond acceptors (Lipinski definition) is 12. The molecule has 29 heteroatoms. The molecule has 95 heavy (non-hydrogen) atoms. The van der Waals surface area contributed by atoms with Gasteiger partial charge in [0, 0.05) is 103 Å². The summed E-state index contributed by atoms with van der Waals surface area (Å²) in [4.78, 5) is 136. The Morgan fingerprint density at radius 1 is 0.400 bits per heavy atom. The number of carbonyl (C=O) groups excluding carboxylic acids is 8. The van der Waals surface area contributed by atoms with Crippen molar-refractivity contribution in [3.05, 3.63) is 108 Å². The van der Waals surface area contributed by atoms with E-state index in [1.165, 1.54) is 6.42 Å². The summed E-state index contributed by atoms with van der Waals surface area (Å²) in [6.45, 7) is 2.77. The van der Waals surface area contributed by atoms with E-state index in [-0.39, 0.29) is 108 Å². The smallest absolute Gasteiger partial charge is 0.243 e. The molecule has 26 N–H and O–H groups in total. The maximum atomic E-state index is 15.2. The monoisotopic (exact) mass is 1310 g/mol. The summed E-state index contributed by atoms with van der Waals surface area (Å²) in [5.41, 5.74) is 50.4. The lowest BCUT2D eigenvalue weighted by Crippen LogP contribution is -2.60. The fourth-order valence-electron chi connectivity index (χ4n) is 11.2. The van der Waals surface area contributed by atoms with E-state index in [0.717, 1.165) is 64.8 Å². The van der Waals surface area contributed by atoms with Gasteiger partial charge in [-0.3, -0.25) is 53.3 Å². The van der Waals surface area contributed by atoms with Gasteiger partial charge in [0.1, 0.15) is 36.3 Å². The zero-order valence-corrected chi connectivity index (χ0v) is 54.2. The zero-order chi connectivity index (χ0) is 68.7. The molecule has 6 rings (SSSR count). The van der Waals surface area contributed by atoms with Crippen LogP contribution in [0.1, 0.15) is 126 Å². The first-order valence-electron chi connectivity index (χ1n) is 32.7. The number of aromatic nitrogens is 3. The summed E-state index contributed by atoms with van der Waals surface area (Å²) < 4.78 is 0. The molecule has 0 aliphatic carbocycles. The average Bonchev–Trinajstić information content (AvgIpc) is 1.76. The van der Waals surface area contributed by atoms with Crippen LogP contribution in [0.25, 0.3) is 32.7 Å². The minimum absolute atomic E-state index is 0.0122. The second-order valence-electron chi connectivity index (χ2n) is 23.8. The van der Waals surface area contributed by atoms with Crippen LogP contribution in [0.5, 0.6) is 0 Å². The number of rotatable bonds is 43. The molecular formula is C66H97N21O8. The first-order valence-corrected chi connectivity index (χ1v) is 32.7. The Morgan fingerprint density at radius 3 is 1.15 bits per heavy atom. The van der Waals surface area contributed by atoms with Gasteiger partial charge >= 0.3 is 0 Å². The summed E-state index contributed by atoms with van der Waals surface area (Å²) in [5.74, 6) is -6.07. The number of benzene rings is 3. The lowest BCUT2D eigenvalue weighted by molar-refractivity contribution is -0.135. The molecule has 0 bridgehead atoms. The van der Waals surface area contributed by atoms with Gasteiger partial charge in [-0.05, 0) is 99.1 Å². The maximum Gasteiger partial charge on any atom is 0.243 e. The first kappa shape index (κ1) is 73.9. The molecule has 3 heterocycles. The van der Waals surface area contributed by atoms with E-state index < -0.39 is 83.6 Å². The summed E-state index contributed by atoms with van der Waals surface area (Å²) in [6.07, 6.45) is 13.4. The van der Waals surface area contributed by atoms with E-state index in [1.807, 2.05) is 72.8 Å². The molecule has 0 saturated heterocycles. The minimum Gasteiger partial charge on any atom is -0.370 e. The van der Waals surface area contributed by atoms with E-state index in [9.17, 15) is 24.0 Å². The summed E-state index contributed by atoms with van der Waals surface area (Å²) in [6, 6.07) is 12.9. The van der Waals surface area contributed by atoms with Gasteiger partial charge in [-0.15, -0.1) is 0 Å². The highest BCUT2D eigenvalue weighted by atomic mass is 16.2. The van der Waals surface area contributed by atoms with E-state index >= 15 is 14.4 Å². The molecule has 0 saturated carbocycles. The van der Waals surface area contributed by atoms with E-state index in [0.29, 0.717) is 42.5 Å². The Morgan fingerprint density at radius 2 is 0.747 bits per heavy atom. The number of primary amides is 1. The van der Waals surface area contributed by atoms with Gasteiger partial charge in [0.2, 0.25) is 47.3 Å². The van der Waals surface area contributed by atoms with Crippen LogP contribution in [0.2, 0.25) is 0 Å². The third-order valence-electron chi connectivity index (χ3n) is 16.3. The normalized spacial score (nSPS) is 13.4. The van der Waals surface area contributed by atoms with Crippen LogP contribution < -0.4 is 83.1 Å². The SMILES string of the molecule is CCCCCCCCC(=O)NCCCC[C@H](N)C(=O)N[C@@H](CCCN=C(N)N)C(=O)N[C@@H](Cc1c[nH]c2ccccc12)C(=O)N[C@@H](CCCN=C(N)N)C(=O)N[C@@H](Cc1c[nH]c2ccccc12)C(=O)N[C@@H](CCCN=C(N)N)C(=O)N[C@@H](Cc1c[nH]c2ccccc12)C(N)=O. The van der Waals surface area contributed by atoms with Crippen LogP contribution in [0, 0.1) is 0 Å². The zero-order valence-electron chi connectivity index (χ0n) is 54.2. The standard InChI is InChI=1S/C66H97N21O8/c1-2-3-4-5-6-7-29-56(88)75-30-15-14-22-46(67)58(90)82-50(26-16-31-76-64(69)70)60(92)86-54(35-41-38-80-48-24-12-9-20-44(41)48)63(95)84-52(28-18-33-78-66(73)74)61(93)87-55(36-42-39-81-49-25-13-10-21-45(42)49)62(94)83-51(27-17-32-77-65(71)72)59(91)85-53(57(68)89)34-40-37-79-47-23-11-8-19-43(40)47/h8-13,19-21,23-25,37-39,46,50-55,79-81H,2-7,14-18,22,26-36,67H2,1H3,(H2,68,89)(H,75,88)(H,82,90)(H,83,94)(H,84,95)(H,85,91)(H,86,92)(H,87,93)(H4,69,70,76)(H4,71,72,77)(H4,73,74,78)/t46-,50-,51-,52-,53-,54-,55-/m0/s1. The molecule has 3 aromatic carbocycles. The molecule has 7 atom stereocenters. The molecule has 0 radical (unpaired) electrons. The number of guanidine groups is 3. The second kappa shape index (κ2) is 38.7. The molecule has 29 nitrogen and oxygen atoms in total. The van der Waals surface area contributed by atoms with Gasteiger partial charge in [0.05, 0.1) is 6.04 Å². The van der Waals surface area contributed by atoms with E-state index in [4.69, 9.17) is 45.9 Å². The lowest BCUT2D eigenvalue weighted by Gasteiger charge is -2.28. The number of aromatic amines is 3. The number of nitrogens with zero attached hydrogens (tertiary/aromatic N) is 3. The number of hydrogen-bond donors (Lipinski definition) is 18. The lowest BCUT2D eigenvalue weighted by atomic mass is 10.0. The van der Waals surface area contributed by atoms with E-state index in [1.54, 1.807) is 18.6 Å². The predicted molar refractivity (Wildman–Crippen MR) is 369 cm³/mol. The largest absolute Gasteiger partial charge is 0.370 e. The van der Waals surface area contributed by atoms with Crippen molar-refractivity contribution in [3.8, 4) is 0 Å². The number of para-hydroxylation sites is 3. The Hall–Kier alpha value is -10.2. The Balaban J connectivity index is 1.26. The second-order valence-corrected chi connectivity index (χ2v) is 23.8. The molecular weight excluding hydrogens is 1210 g/mol. The molecule has 0 aliphatic rings. The molecule has 0 fully saturated rings. The third-order valence-corrected chi connectivity index (χ3v) is 16.3. The molecule has 0 unspecified atom stereocenters. The van der Waals surface area contributed by atoms with Crippen molar-refractivity contribution in [2.45, 2.75) is 171 Å².